The third-order valence-corrected chi connectivity index (χ3v) is 12.2. The summed E-state index contributed by atoms with van der Waals surface area (Å²) in [6.45, 7) is 4.77. The molecule has 1 aliphatic carbocycles. The van der Waals surface area contributed by atoms with Gasteiger partial charge in [0.25, 0.3) is 0 Å². The van der Waals surface area contributed by atoms with Gasteiger partial charge in [0.15, 0.2) is 5.82 Å². The number of benzene rings is 7. The van der Waals surface area contributed by atoms with E-state index in [1.807, 2.05) is 36.2 Å². The zero-order valence-electron chi connectivity index (χ0n) is 28.5. The molecule has 0 radical (unpaired) electrons. The number of hydrogen-bond acceptors (Lipinski definition) is 3. The normalized spacial score (nSPS) is 14.7. The first kappa shape index (κ1) is 30.1. The standard InChI is InChI=1S/C48H34N2S/c1-47(2)37-16-6-7-17-39(37)48(40-18-8-10-21-44(40)51-45-22-11-9-19-41(45)48)42-29-34(27-28-38(42)47)31-23-25-32(26-24-31)35-15-12-20-43-36(35)30-49-46(50-43)33-13-4-3-5-14-33/h3-30H,1-2H3. The zero-order valence-corrected chi connectivity index (χ0v) is 29.3. The van der Waals surface area contributed by atoms with Crippen molar-refractivity contribution in [3.8, 4) is 33.6 Å². The first-order chi connectivity index (χ1) is 25.0. The Hall–Kier alpha value is -5.77. The topological polar surface area (TPSA) is 25.8 Å². The Morgan fingerprint density at radius 2 is 1.04 bits per heavy atom. The highest BCUT2D eigenvalue weighted by Gasteiger charge is 2.52. The highest BCUT2D eigenvalue weighted by molar-refractivity contribution is 7.99. The Morgan fingerprint density at radius 3 is 1.76 bits per heavy atom. The number of nitrogens with zero attached hydrogens (tertiary/aromatic N) is 2. The molecule has 2 aliphatic rings. The van der Waals surface area contributed by atoms with Crippen molar-refractivity contribution in [2.24, 2.45) is 0 Å². The van der Waals surface area contributed by atoms with E-state index in [9.17, 15) is 0 Å². The molecular formula is C48H34N2S. The second kappa shape index (κ2) is 11.4. The maximum absolute atomic E-state index is 4.93. The van der Waals surface area contributed by atoms with Gasteiger partial charge < -0.3 is 0 Å². The summed E-state index contributed by atoms with van der Waals surface area (Å²) in [7, 11) is 0. The Labute approximate surface area is 302 Å². The van der Waals surface area contributed by atoms with E-state index in [4.69, 9.17) is 9.97 Å². The largest absolute Gasteiger partial charge is 0.236 e. The van der Waals surface area contributed by atoms with Crippen molar-refractivity contribution in [2.75, 3.05) is 0 Å². The first-order valence-corrected chi connectivity index (χ1v) is 18.4. The second-order valence-corrected chi connectivity index (χ2v) is 15.2. The van der Waals surface area contributed by atoms with Gasteiger partial charge in [-0.15, -0.1) is 0 Å². The fraction of sp³-hybridized carbons (Fsp3) is 0.0833. The van der Waals surface area contributed by atoms with E-state index in [1.54, 1.807) is 0 Å². The zero-order chi connectivity index (χ0) is 34.2. The molecule has 2 nitrogen and oxygen atoms in total. The van der Waals surface area contributed by atoms with Crippen LogP contribution in [0.3, 0.4) is 0 Å². The molecule has 242 valence electrons. The fourth-order valence-electron chi connectivity index (χ4n) is 8.67. The monoisotopic (exact) mass is 670 g/mol. The quantitative estimate of drug-likeness (QED) is 0.187. The van der Waals surface area contributed by atoms with E-state index in [1.165, 1.54) is 54.3 Å². The van der Waals surface area contributed by atoms with Crippen LogP contribution in [0.25, 0.3) is 44.5 Å². The minimum absolute atomic E-state index is 0.162. The van der Waals surface area contributed by atoms with Gasteiger partial charge >= 0.3 is 0 Å². The molecule has 10 rings (SSSR count). The van der Waals surface area contributed by atoms with Crippen LogP contribution in [-0.4, -0.2) is 9.97 Å². The summed E-state index contributed by atoms with van der Waals surface area (Å²) in [5, 5.41) is 1.05. The van der Waals surface area contributed by atoms with Gasteiger partial charge in [-0.05, 0) is 79.9 Å². The summed E-state index contributed by atoms with van der Waals surface area (Å²) < 4.78 is 0. The highest BCUT2D eigenvalue weighted by atomic mass is 32.2. The lowest BCUT2D eigenvalue weighted by molar-refractivity contribution is 0.549. The lowest BCUT2D eigenvalue weighted by atomic mass is 9.54. The van der Waals surface area contributed by atoms with Gasteiger partial charge in [0.2, 0.25) is 0 Å². The molecule has 51 heavy (non-hydrogen) atoms. The van der Waals surface area contributed by atoms with Crippen LogP contribution < -0.4 is 0 Å². The van der Waals surface area contributed by atoms with Gasteiger partial charge in [0, 0.05) is 32.4 Å². The van der Waals surface area contributed by atoms with Crippen LogP contribution in [0.2, 0.25) is 0 Å². The van der Waals surface area contributed by atoms with Crippen LogP contribution >= 0.6 is 11.8 Å². The van der Waals surface area contributed by atoms with Crippen LogP contribution in [0.4, 0.5) is 0 Å². The molecule has 0 unspecified atom stereocenters. The van der Waals surface area contributed by atoms with E-state index < -0.39 is 5.41 Å². The molecule has 1 aromatic heterocycles. The molecule has 0 fully saturated rings. The predicted molar refractivity (Wildman–Crippen MR) is 210 cm³/mol. The van der Waals surface area contributed by atoms with Crippen molar-refractivity contribution in [1.29, 1.82) is 0 Å². The summed E-state index contributed by atoms with van der Waals surface area (Å²) >= 11 is 1.89. The van der Waals surface area contributed by atoms with Gasteiger partial charge in [-0.1, -0.05) is 165 Å². The van der Waals surface area contributed by atoms with E-state index in [-0.39, 0.29) is 5.41 Å². The third-order valence-electron chi connectivity index (χ3n) is 11.1. The average molecular weight is 671 g/mol. The van der Waals surface area contributed by atoms with E-state index in [0.29, 0.717) is 0 Å². The summed E-state index contributed by atoms with van der Waals surface area (Å²) in [6, 6.07) is 59.9. The summed E-state index contributed by atoms with van der Waals surface area (Å²) in [5.41, 5.74) is 14.3. The van der Waals surface area contributed by atoms with Crippen molar-refractivity contribution in [1.82, 2.24) is 9.97 Å². The van der Waals surface area contributed by atoms with Crippen LogP contribution in [0.15, 0.2) is 180 Å². The van der Waals surface area contributed by atoms with Gasteiger partial charge in [-0.3, -0.25) is 0 Å². The molecule has 8 aromatic rings. The molecule has 0 N–H and O–H groups in total. The van der Waals surface area contributed by atoms with Gasteiger partial charge in [-0.25, -0.2) is 9.97 Å². The van der Waals surface area contributed by atoms with Crippen LogP contribution in [0.1, 0.15) is 47.2 Å². The summed E-state index contributed by atoms with van der Waals surface area (Å²) in [5.74, 6) is 0.744. The maximum Gasteiger partial charge on any atom is 0.159 e. The average Bonchev–Trinajstić information content (AvgIpc) is 3.19. The van der Waals surface area contributed by atoms with Crippen molar-refractivity contribution < 1.29 is 0 Å². The van der Waals surface area contributed by atoms with E-state index >= 15 is 0 Å². The van der Waals surface area contributed by atoms with Crippen LogP contribution in [-0.2, 0) is 10.8 Å². The van der Waals surface area contributed by atoms with E-state index in [0.717, 1.165) is 33.4 Å². The minimum Gasteiger partial charge on any atom is -0.236 e. The lowest BCUT2D eigenvalue weighted by Crippen LogP contribution is -2.43. The third kappa shape index (κ3) is 4.44. The second-order valence-electron chi connectivity index (χ2n) is 14.2. The molecule has 1 spiro atoms. The molecular weight excluding hydrogens is 637 g/mol. The van der Waals surface area contributed by atoms with E-state index in [2.05, 4.69) is 159 Å². The predicted octanol–water partition coefficient (Wildman–Crippen LogP) is 12.1. The molecule has 2 heterocycles. The SMILES string of the molecule is CC1(C)c2ccccc2C2(c3ccccc3Sc3ccccc32)c2cc(-c3ccc(-c4cccc5nc(-c6ccccc6)ncc45)cc3)ccc21. The first-order valence-electron chi connectivity index (χ1n) is 17.6. The van der Waals surface area contributed by atoms with Gasteiger partial charge in [-0.2, -0.15) is 0 Å². The Kier molecular flexibility index (Phi) is 6.71. The Bertz CT molecular complexity index is 2590. The number of hydrogen-bond donors (Lipinski definition) is 0. The lowest BCUT2D eigenvalue weighted by Gasteiger charge is -2.50. The minimum atomic E-state index is -0.433. The van der Waals surface area contributed by atoms with Crippen molar-refractivity contribution in [3.05, 3.63) is 203 Å². The fourth-order valence-corrected chi connectivity index (χ4v) is 9.87. The number of aromatic nitrogens is 2. The Morgan fingerprint density at radius 1 is 0.451 bits per heavy atom. The van der Waals surface area contributed by atoms with Crippen LogP contribution in [0.5, 0.6) is 0 Å². The number of rotatable bonds is 3. The van der Waals surface area contributed by atoms with Crippen LogP contribution in [0, 0.1) is 0 Å². The van der Waals surface area contributed by atoms with Gasteiger partial charge in [0.1, 0.15) is 0 Å². The maximum atomic E-state index is 4.93. The molecule has 0 bridgehead atoms. The molecule has 0 saturated carbocycles. The highest BCUT2D eigenvalue weighted by Crippen LogP contribution is 2.61. The van der Waals surface area contributed by atoms with Crippen molar-refractivity contribution in [2.45, 2.75) is 34.5 Å². The number of fused-ring (bicyclic) bond motifs is 9. The van der Waals surface area contributed by atoms with Crippen molar-refractivity contribution in [3.63, 3.8) is 0 Å². The van der Waals surface area contributed by atoms with Gasteiger partial charge in [0.05, 0.1) is 10.9 Å². The summed E-state index contributed by atoms with van der Waals surface area (Å²) in [6.07, 6.45) is 1.97. The molecule has 0 atom stereocenters. The molecule has 0 amide bonds. The molecule has 0 saturated heterocycles. The molecule has 7 aromatic carbocycles. The smallest absolute Gasteiger partial charge is 0.159 e. The van der Waals surface area contributed by atoms with Crippen molar-refractivity contribution >= 4 is 22.7 Å². The molecule has 3 heteroatoms. The summed E-state index contributed by atoms with van der Waals surface area (Å²) in [4.78, 5) is 12.3. The molecule has 1 aliphatic heterocycles. The Balaban J connectivity index is 1.13.